The van der Waals surface area contributed by atoms with Crippen molar-refractivity contribution in [3.8, 4) is 5.75 Å². The van der Waals surface area contributed by atoms with Crippen LogP contribution in [0.5, 0.6) is 5.75 Å². The maximum atomic E-state index is 13.0. The molecule has 0 aliphatic carbocycles. The normalized spacial score (nSPS) is 25.4. The summed E-state index contributed by atoms with van der Waals surface area (Å²) >= 11 is 17.9. The summed E-state index contributed by atoms with van der Waals surface area (Å²) in [6.45, 7) is 3.90. The molecular formula is C20H18Cl2N2O3S. The monoisotopic (exact) mass is 436 g/mol. The number of anilines is 1. The van der Waals surface area contributed by atoms with E-state index >= 15 is 0 Å². The quantitative estimate of drug-likeness (QED) is 0.554. The summed E-state index contributed by atoms with van der Waals surface area (Å²) in [5.74, 6) is -0.387. The summed E-state index contributed by atoms with van der Waals surface area (Å²) in [5.41, 5.74) is 0.448. The van der Waals surface area contributed by atoms with Gasteiger partial charge in [0.15, 0.2) is 5.11 Å². The van der Waals surface area contributed by atoms with Crippen LogP contribution in [-0.2, 0) is 9.53 Å². The van der Waals surface area contributed by atoms with Gasteiger partial charge in [-0.25, -0.2) is 0 Å². The Bertz CT molecular complexity index is 953. The molecule has 146 valence electrons. The van der Waals surface area contributed by atoms with Crippen molar-refractivity contribution >= 4 is 52.2 Å². The first-order valence-electron chi connectivity index (χ1n) is 8.86. The van der Waals surface area contributed by atoms with E-state index in [0.29, 0.717) is 20.9 Å². The fraction of sp³-hybridized carbons (Fsp3) is 0.300. The second-order valence-electron chi connectivity index (χ2n) is 6.81. The van der Waals surface area contributed by atoms with Crippen LogP contribution in [0.4, 0.5) is 5.69 Å². The number of carbonyl (C=O) groups excluding carboxylic acids is 1. The summed E-state index contributed by atoms with van der Waals surface area (Å²) in [6, 6.07) is 12.2. The average molecular weight is 437 g/mol. The maximum Gasteiger partial charge on any atom is 0.317 e. The van der Waals surface area contributed by atoms with Crippen molar-refractivity contribution in [2.24, 2.45) is 5.92 Å². The number of esters is 1. The van der Waals surface area contributed by atoms with Crippen LogP contribution in [0, 0.1) is 5.92 Å². The SMILES string of the molecule is CCOC(=O)[C@H]1[C@H]2NC(=S)N(c3ccc(Cl)cc3)[C@@]1(C)Oc1ccc(Cl)cc12. The number of ether oxygens (including phenoxy) is 2. The first kappa shape index (κ1) is 19.3. The highest BCUT2D eigenvalue weighted by molar-refractivity contribution is 7.80. The molecule has 2 aliphatic rings. The summed E-state index contributed by atoms with van der Waals surface area (Å²) in [6.07, 6.45) is 0. The molecule has 1 saturated heterocycles. The Labute approximate surface area is 178 Å². The highest BCUT2D eigenvalue weighted by Crippen LogP contribution is 2.50. The molecule has 0 amide bonds. The molecule has 2 aliphatic heterocycles. The van der Waals surface area contributed by atoms with Crippen molar-refractivity contribution in [2.75, 3.05) is 11.5 Å². The molecule has 0 saturated carbocycles. The average Bonchev–Trinajstić information content (AvgIpc) is 2.63. The second-order valence-corrected chi connectivity index (χ2v) is 8.07. The molecule has 2 aromatic rings. The molecule has 28 heavy (non-hydrogen) atoms. The topological polar surface area (TPSA) is 50.8 Å². The van der Waals surface area contributed by atoms with Crippen LogP contribution in [0.2, 0.25) is 10.0 Å². The zero-order valence-corrected chi connectivity index (χ0v) is 17.6. The van der Waals surface area contributed by atoms with Crippen molar-refractivity contribution in [1.82, 2.24) is 5.32 Å². The van der Waals surface area contributed by atoms with E-state index in [2.05, 4.69) is 5.32 Å². The molecule has 3 atom stereocenters. The third-order valence-electron chi connectivity index (χ3n) is 5.09. The van der Waals surface area contributed by atoms with Gasteiger partial charge in [-0.15, -0.1) is 0 Å². The number of thiocarbonyl (C=S) groups is 1. The number of rotatable bonds is 3. The molecular weight excluding hydrogens is 419 g/mol. The number of nitrogens with one attached hydrogen (secondary N) is 1. The van der Waals surface area contributed by atoms with Crippen LogP contribution in [0.25, 0.3) is 0 Å². The molecule has 0 unspecified atom stereocenters. The van der Waals surface area contributed by atoms with Gasteiger partial charge in [0, 0.05) is 21.3 Å². The second kappa shape index (κ2) is 7.10. The van der Waals surface area contributed by atoms with E-state index in [0.717, 1.165) is 11.3 Å². The molecule has 0 spiro atoms. The van der Waals surface area contributed by atoms with Crippen molar-refractivity contribution in [2.45, 2.75) is 25.6 Å². The highest BCUT2D eigenvalue weighted by Gasteiger charge is 2.59. The van der Waals surface area contributed by atoms with Gasteiger partial charge < -0.3 is 14.8 Å². The first-order chi connectivity index (χ1) is 13.3. The lowest BCUT2D eigenvalue weighted by molar-refractivity contribution is -0.159. The highest BCUT2D eigenvalue weighted by atomic mass is 35.5. The summed E-state index contributed by atoms with van der Waals surface area (Å²) < 4.78 is 11.8. The fourth-order valence-corrected chi connectivity index (χ4v) is 4.65. The van der Waals surface area contributed by atoms with Gasteiger partial charge in [0.05, 0.1) is 12.6 Å². The van der Waals surface area contributed by atoms with E-state index in [4.69, 9.17) is 44.9 Å². The summed E-state index contributed by atoms with van der Waals surface area (Å²) in [5, 5.41) is 4.90. The minimum atomic E-state index is -1.09. The number of hydrogen-bond donors (Lipinski definition) is 1. The van der Waals surface area contributed by atoms with Crippen molar-refractivity contribution in [1.29, 1.82) is 0 Å². The molecule has 0 radical (unpaired) electrons. The number of fused-ring (bicyclic) bond motifs is 4. The van der Waals surface area contributed by atoms with Crippen LogP contribution in [0.3, 0.4) is 0 Å². The van der Waals surface area contributed by atoms with Crippen molar-refractivity contribution in [3.05, 3.63) is 58.1 Å². The molecule has 0 aromatic heterocycles. The Morgan fingerprint density at radius 3 is 2.61 bits per heavy atom. The third-order valence-corrected chi connectivity index (χ3v) is 5.87. The standard InChI is InChI=1S/C20H18Cl2N2O3S/c1-3-26-18(25)16-17-14-10-12(22)6-9-15(14)27-20(16,2)24(19(28)23-17)13-7-4-11(21)5-8-13/h4-10,16-17H,3H2,1-2H3,(H,23,28)/t16-,17+,20+/m1/s1. The predicted molar refractivity (Wildman–Crippen MR) is 113 cm³/mol. The molecule has 1 fully saturated rings. The Hall–Kier alpha value is -2.02. The summed E-state index contributed by atoms with van der Waals surface area (Å²) in [7, 11) is 0. The summed E-state index contributed by atoms with van der Waals surface area (Å²) in [4.78, 5) is 14.8. The lowest BCUT2D eigenvalue weighted by Gasteiger charge is -2.55. The lowest BCUT2D eigenvalue weighted by Crippen LogP contribution is -2.71. The largest absolute Gasteiger partial charge is 0.466 e. The Morgan fingerprint density at radius 2 is 1.93 bits per heavy atom. The van der Waals surface area contributed by atoms with E-state index in [1.54, 1.807) is 42.2 Å². The zero-order chi connectivity index (χ0) is 20.1. The Morgan fingerprint density at radius 1 is 1.25 bits per heavy atom. The van der Waals surface area contributed by atoms with Gasteiger partial charge in [0.1, 0.15) is 11.7 Å². The minimum Gasteiger partial charge on any atom is -0.466 e. The smallest absolute Gasteiger partial charge is 0.317 e. The number of hydrogen-bond acceptors (Lipinski definition) is 4. The van der Waals surface area contributed by atoms with Crippen LogP contribution in [0.1, 0.15) is 25.5 Å². The first-order valence-corrected chi connectivity index (χ1v) is 10.0. The van der Waals surface area contributed by atoms with E-state index in [1.165, 1.54) is 0 Å². The molecule has 2 heterocycles. The fourth-order valence-electron chi connectivity index (χ4n) is 3.93. The van der Waals surface area contributed by atoms with Crippen molar-refractivity contribution in [3.63, 3.8) is 0 Å². The van der Waals surface area contributed by atoms with Gasteiger partial charge in [-0.05, 0) is 68.5 Å². The van der Waals surface area contributed by atoms with Gasteiger partial charge in [-0.2, -0.15) is 0 Å². The van der Waals surface area contributed by atoms with Crippen LogP contribution >= 0.6 is 35.4 Å². The molecule has 4 rings (SSSR count). The van der Waals surface area contributed by atoms with Crippen LogP contribution in [0.15, 0.2) is 42.5 Å². The molecule has 2 aromatic carbocycles. The van der Waals surface area contributed by atoms with Gasteiger partial charge in [0.25, 0.3) is 0 Å². The van der Waals surface area contributed by atoms with Crippen LogP contribution in [-0.4, -0.2) is 23.4 Å². The number of halogens is 2. The predicted octanol–water partition coefficient (Wildman–Crippen LogP) is 4.72. The van der Waals surface area contributed by atoms with Crippen molar-refractivity contribution < 1.29 is 14.3 Å². The third kappa shape index (κ3) is 3.00. The molecule has 1 N–H and O–H groups in total. The number of benzene rings is 2. The Kier molecular flexibility index (Phi) is 4.89. The van der Waals surface area contributed by atoms with Gasteiger partial charge in [-0.3, -0.25) is 9.69 Å². The van der Waals surface area contributed by atoms with Gasteiger partial charge >= 0.3 is 5.97 Å². The molecule has 2 bridgehead atoms. The Balaban J connectivity index is 1.89. The lowest BCUT2D eigenvalue weighted by atomic mass is 9.79. The maximum absolute atomic E-state index is 13.0. The van der Waals surface area contributed by atoms with E-state index in [9.17, 15) is 4.79 Å². The number of carbonyl (C=O) groups is 1. The van der Waals surface area contributed by atoms with E-state index in [1.807, 2.05) is 19.1 Å². The van der Waals surface area contributed by atoms with E-state index in [-0.39, 0.29) is 12.6 Å². The minimum absolute atomic E-state index is 0.270. The van der Waals surface area contributed by atoms with Gasteiger partial charge in [0.2, 0.25) is 5.72 Å². The van der Waals surface area contributed by atoms with Gasteiger partial charge in [-0.1, -0.05) is 23.2 Å². The van der Waals surface area contributed by atoms with E-state index < -0.39 is 17.7 Å². The van der Waals surface area contributed by atoms with Crippen LogP contribution < -0.4 is 15.0 Å². The molecule has 8 heteroatoms. The zero-order valence-electron chi connectivity index (χ0n) is 15.2. The molecule has 5 nitrogen and oxygen atoms in total. The number of nitrogens with zero attached hydrogens (tertiary/aromatic N) is 1.